The van der Waals surface area contributed by atoms with E-state index in [9.17, 15) is 13.2 Å². The van der Waals surface area contributed by atoms with Gasteiger partial charge in [-0.1, -0.05) is 0 Å². The third-order valence-electron chi connectivity index (χ3n) is 2.10. The molecule has 0 radical (unpaired) electrons. The molecular weight excluding hydrogens is 233 g/mol. The Labute approximate surface area is 97.8 Å². The summed E-state index contributed by atoms with van der Waals surface area (Å²) < 4.78 is 42.1. The average Bonchev–Trinajstić information content (AvgIpc) is 2.25. The van der Waals surface area contributed by atoms with Gasteiger partial charge in [-0.05, 0) is 26.0 Å². The van der Waals surface area contributed by atoms with E-state index in [0.717, 1.165) is 12.3 Å². The first-order valence-electron chi connectivity index (χ1n) is 5.21. The van der Waals surface area contributed by atoms with Crippen LogP contribution in [0.1, 0.15) is 31.1 Å². The molecule has 6 heteroatoms. The zero-order valence-corrected chi connectivity index (χ0v) is 9.66. The molecule has 2 N–H and O–H groups in total. The summed E-state index contributed by atoms with van der Waals surface area (Å²) in [5, 5.41) is 0. The summed E-state index contributed by atoms with van der Waals surface area (Å²) in [6.07, 6.45) is -3.57. The lowest BCUT2D eigenvalue weighted by molar-refractivity contribution is -0.137. The summed E-state index contributed by atoms with van der Waals surface area (Å²) in [5.41, 5.74) is 5.34. The number of halogens is 3. The number of alkyl halides is 3. The van der Waals surface area contributed by atoms with Gasteiger partial charge in [0, 0.05) is 6.20 Å². The fraction of sp³-hybridized carbons (Fsp3) is 0.545. The molecule has 1 atom stereocenters. The summed E-state index contributed by atoms with van der Waals surface area (Å²) in [4.78, 5) is 3.70. The first-order chi connectivity index (χ1) is 7.80. The van der Waals surface area contributed by atoms with Crippen molar-refractivity contribution in [2.24, 2.45) is 5.73 Å². The summed E-state index contributed by atoms with van der Waals surface area (Å²) in [7, 11) is 0. The molecule has 1 unspecified atom stereocenters. The highest BCUT2D eigenvalue weighted by atomic mass is 19.4. The van der Waals surface area contributed by atoms with Crippen molar-refractivity contribution in [3.05, 3.63) is 29.6 Å². The largest absolute Gasteiger partial charge is 0.417 e. The van der Waals surface area contributed by atoms with Gasteiger partial charge in [-0.25, -0.2) is 0 Å². The van der Waals surface area contributed by atoms with Crippen LogP contribution in [0.2, 0.25) is 0 Å². The molecule has 0 aromatic carbocycles. The number of hydrogen-bond acceptors (Lipinski definition) is 3. The third-order valence-corrected chi connectivity index (χ3v) is 2.10. The van der Waals surface area contributed by atoms with Crippen molar-refractivity contribution in [3.63, 3.8) is 0 Å². The lowest BCUT2D eigenvalue weighted by Crippen LogP contribution is -2.21. The fourth-order valence-corrected chi connectivity index (χ4v) is 1.17. The first-order valence-corrected chi connectivity index (χ1v) is 5.21. The van der Waals surface area contributed by atoms with Gasteiger partial charge in [-0.15, -0.1) is 0 Å². The molecule has 1 heterocycles. The number of nitrogens with zero attached hydrogens (tertiary/aromatic N) is 1. The minimum Gasteiger partial charge on any atom is -0.377 e. The average molecular weight is 248 g/mol. The number of rotatable bonds is 4. The third kappa shape index (κ3) is 4.32. The topological polar surface area (TPSA) is 48.1 Å². The standard InChI is InChI=1S/C11H15F3N2O/c1-7(2)17-6-9(15)10-4-3-8(5-16-10)11(12,13)14/h3-5,7,9H,6,15H2,1-2H3. The second-order valence-electron chi connectivity index (χ2n) is 3.96. The van der Waals surface area contributed by atoms with Crippen LogP contribution in [-0.2, 0) is 10.9 Å². The van der Waals surface area contributed by atoms with Gasteiger partial charge in [0.25, 0.3) is 0 Å². The van der Waals surface area contributed by atoms with Gasteiger partial charge in [0.05, 0.1) is 30.0 Å². The molecule has 0 aliphatic carbocycles. The maximum atomic E-state index is 12.3. The van der Waals surface area contributed by atoms with Crippen molar-refractivity contribution < 1.29 is 17.9 Å². The van der Waals surface area contributed by atoms with Gasteiger partial charge in [0.15, 0.2) is 0 Å². The van der Waals surface area contributed by atoms with Crippen LogP contribution < -0.4 is 5.73 Å². The molecule has 0 aliphatic rings. The second-order valence-corrected chi connectivity index (χ2v) is 3.96. The predicted molar refractivity (Wildman–Crippen MR) is 57.3 cm³/mol. The first kappa shape index (κ1) is 13.9. The fourth-order valence-electron chi connectivity index (χ4n) is 1.17. The molecule has 0 spiro atoms. The second kappa shape index (κ2) is 5.46. The van der Waals surface area contributed by atoms with Crippen LogP contribution in [0.3, 0.4) is 0 Å². The van der Waals surface area contributed by atoms with Crippen molar-refractivity contribution in [2.45, 2.75) is 32.2 Å². The van der Waals surface area contributed by atoms with Crippen LogP contribution in [0.4, 0.5) is 13.2 Å². The SMILES string of the molecule is CC(C)OCC(N)c1ccc(C(F)(F)F)cn1. The highest BCUT2D eigenvalue weighted by Gasteiger charge is 2.30. The monoisotopic (exact) mass is 248 g/mol. The minimum absolute atomic E-state index is 0.0236. The zero-order valence-electron chi connectivity index (χ0n) is 9.66. The van der Waals surface area contributed by atoms with E-state index in [2.05, 4.69) is 4.98 Å². The highest BCUT2D eigenvalue weighted by Crippen LogP contribution is 2.28. The van der Waals surface area contributed by atoms with Crippen LogP contribution >= 0.6 is 0 Å². The Hall–Kier alpha value is -1.14. The van der Waals surface area contributed by atoms with E-state index in [1.807, 2.05) is 13.8 Å². The van der Waals surface area contributed by atoms with Gasteiger partial charge in [0.2, 0.25) is 0 Å². The summed E-state index contributed by atoms with van der Waals surface area (Å²) >= 11 is 0. The molecular formula is C11H15F3N2O. The number of nitrogens with two attached hydrogens (primary N) is 1. The minimum atomic E-state index is -4.37. The van der Waals surface area contributed by atoms with E-state index in [4.69, 9.17) is 10.5 Å². The zero-order chi connectivity index (χ0) is 13.1. The molecule has 3 nitrogen and oxygen atoms in total. The molecule has 0 saturated heterocycles. The quantitative estimate of drug-likeness (QED) is 0.890. The molecule has 0 amide bonds. The predicted octanol–water partition coefficient (Wildman–Crippen LogP) is 2.53. The Morgan fingerprint density at radius 3 is 2.41 bits per heavy atom. The Morgan fingerprint density at radius 1 is 1.35 bits per heavy atom. The van der Waals surface area contributed by atoms with Crippen LogP contribution in [0, 0.1) is 0 Å². The van der Waals surface area contributed by atoms with Crippen LogP contribution in [0.15, 0.2) is 18.3 Å². The normalized spacial score (nSPS) is 14.1. The highest BCUT2D eigenvalue weighted by molar-refractivity contribution is 5.18. The molecule has 17 heavy (non-hydrogen) atoms. The molecule has 0 fully saturated rings. The van der Waals surface area contributed by atoms with Crippen molar-refractivity contribution in [2.75, 3.05) is 6.61 Å². The van der Waals surface area contributed by atoms with Crippen LogP contribution in [0.5, 0.6) is 0 Å². The number of aromatic nitrogens is 1. The lowest BCUT2D eigenvalue weighted by Gasteiger charge is -2.14. The number of pyridine rings is 1. The van der Waals surface area contributed by atoms with Crippen molar-refractivity contribution >= 4 is 0 Å². The van der Waals surface area contributed by atoms with E-state index in [-0.39, 0.29) is 12.7 Å². The maximum Gasteiger partial charge on any atom is 0.417 e. The van der Waals surface area contributed by atoms with Crippen LogP contribution in [0.25, 0.3) is 0 Å². The summed E-state index contributed by atoms with van der Waals surface area (Å²) in [6.45, 7) is 3.94. The van der Waals surface area contributed by atoms with Gasteiger partial charge in [-0.3, -0.25) is 4.98 Å². The molecule has 1 aromatic heterocycles. The molecule has 0 saturated carbocycles. The molecule has 0 bridgehead atoms. The van der Waals surface area contributed by atoms with Gasteiger partial charge in [0.1, 0.15) is 0 Å². The van der Waals surface area contributed by atoms with Crippen LogP contribution in [-0.4, -0.2) is 17.7 Å². The number of ether oxygens (including phenoxy) is 1. The van der Waals surface area contributed by atoms with E-state index in [0.29, 0.717) is 5.69 Å². The smallest absolute Gasteiger partial charge is 0.377 e. The lowest BCUT2D eigenvalue weighted by atomic mass is 10.2. The molecule has 1 aromatic rings. The van der Waals surface area contributed by atoms with Gasteiger partial charge in [-0.2, -0.15) is 13.2 Å². The Morgan fingerprint density at radius 2 is 2.00 bits per heavy atom. The summed E-state index contributed by atoms with van der Waals surface area (Å²) in [6, 6.07) is 1.73. The molecule has 0 aliphatic heterocycles. The molecule has 1 rings (SSSR count). The Kier molecular flexibility index (Phi) is 4.47. The Bertz CT molecular complexity index is 349. The van der Waals surface area contributed by atoms with E-state index in [1.54, 1.807) is 0 Å². The van der Waals surface area contributed by atoms with E-state index >= 15 is 0 Å². The summed E-state index contributed by atoms with van der Waals surface area (Å²) in [5.74, 6) is 0. The maximum absolute atomic E-state index is 12.3. The van der Waals surface area contributed by atoms with Crippen molar-refractivity contribution in [1.29, 1.82) is 0 Å². The van der Waals surface area contributed by atoms with E-state index < -0.39 is 17.8 Å². The number of hydrogen-bond donors (Lipinski definition) is 1. The van der Waals surface area contributed by atoms with Crippen molar-refractivity contribution in [1.82, 2.24) is 4.98 Å². The van der Waals surface area contributed by atoms with Gasteiger partial charge >= 0.3 is 6.18 Å². The van der Waals surface area contributed by atoms with Crippen molar-refractivity contribution in [3.8, 4) is 0 Å². The van der Waals surface area contributed by atoms with E-state index in [1.165, 1.54) is 6.07 Å². The van der Waals surface area contributed by atoms with Gasteiger partial charge < -0.3 is 10.5 Å². The molecule has 96 valence electrons. The Balaban J connectivity index is 2.67.